The molecule has 250 valence electrons. The summed E-state index contributed by atoms with van der Waals surface area (Å²) in [5.41, 5.74) is 2.98. The molecule has 0 aliphatic carbocycles. The minimum absolute atomic E-state index is 0.658. The van der Waals surface area contributed by atoms with Crippen molar-refractivity contribution in [3.63, 3.8) is 0 Å². The molecule has 0 aliphatic rings. The van der Waals surface area contributed by atoms with Crippen molar-refractivity contribution in [1.29, 1.82) is 0 Å². The van der Waals surface area contributed by atoms with Crippen LogP contribution in [0.25, 0.3) is 118 Å². The number of fused-ring (bicyclic) bond motifs is 13. The monoisotopic (exact) mass is 721 g/mol. The first-order chi connectivity index (χ1) is 26.7. The molecular formula is C49H27N3S2. The average Bonchev–Trinajstić information content (AvgIpc) is 3.79. The van der Waals surface area contributed by atoms with Crippen molar-refractivity contribution < 1.29 is 0 Å². The summed E-state index contributed by atoms with van der Waals surface area (Å²) < 4.78 is 5.00. The molecule has 0 fully saturated rings. The Morgan fingerprint density at radius 1 is 0.296 bits per heavy atom. The van der Waals surface area contributed by atoms with E-state index in [9.17, 15) is 0 Å². The second-order valence-corrected chi connectivity index (χ2v) is 16.1. The van der Waals surface area contributed by atoms with E-state index in [0.717, 1.165) is 16.7 Å². The quantitative estimate of drug-likeness (QED) is 0.171. The number of aromatic nitrogens is 3. The van der Waals surface area contributed by atoms with Crippen LogP contribution in [0.2, 0.25) is 0 Å². The maximum Gasteiger partial charge on any atom is 0.165 e. The Hall–Kier alpha value is -6.53. The third-order valence-corrected chi connectivity index (χ3v) is 13.1. The Morgan fingerprint density at radius 3 is 1.67 bits per heavy atom. The Labute approximate surface area is 317 Å². The highest BCUT2D eigenvalue weighted by Crippen LogP contribution is 2.49. The van der Waals surface area contributed by atoms with Gasteiger partial charge in [0, 0.05) is 62.4 Å². The fraction of sp³-hybridized carbons (Fsp3) is 0. The van der Waals surface area contributed by atoms with E-state index in [2.05, 4.69) is 158 Å². The first kappa shape index (κ1) is 30.0. The first-order valence-corrected chi connectivity index (χ1v) is 19.7. The lowest BCUT2D eigenvalue weighted by atomic mass is 9.89. The van der Waals surface area contributed by atoms with Crippen LogP contribution in [0.3, 0.4) is 0 Å². The molecule has 12 rings (SSSR count). The molecule has 3 nitrogen and oxygen atoms in total. The second kappa shape index (κ2) is 11.5. The van der Waals surface area contributed by atoms with Crippen LogP contribution in [0.4, 0.5) is 0 Å². The number of benzene rings is 9. The summed E-state index contributed by atoms with van der Waals surface area (Å²) in [6.07, 6.45) is 0. The number of rotatable bonds is 3. The van der Waals surface area contributed by atoms with Gasteiger partial charge < -0.3 is 0 Å². The largest absolute Gasteiger partial charge is 0.208 e. The van der Waals surface area contributed by atoms with Crippen LogP contribution >= 0.6 is 22.7 Å². The zero-order chi connectivity index (χ0) is 35.3. The van der Waals surface area contributed by atoms with E-state index in [0.29, 0.717) is 17.5 Å². The summed E-state index contributed by atoms with van der Waals surface area (Å²) in [6.45, 7) is 0. The lowest BCUT2D eigenvalue weighted by molar-refractivity contribution is 1.08. The fourth-order valence-electron chi connectivity index (χ4n) is 8.43. The Kier molecular flexibility index (Phi) is 6.38. The Morgan fingerprint density at radius 2 is 0.870 bits per heavy atom. The van der Waals surface area contributed by atoms with Crippen LogP contribution in [0, 0.1) is 0 Å². The van der Waals surface area contributed by atoms with Gasteiger partial charge in [-0.25, -0.2) is 15.0 Å². The van der Waals surface area contributed by atoms with Gasteiger partial charge in [-0.3, -0.25) is 0 Å². The Bertz CT molecular complexity index is 3510. The summed E-state index contributed by atoms with van der Waals surface area (Å²) in [7, 11) is 0. The fourth-order valence-corrected chi connectivity index (χ4v) is 10.7. The van der Waals surface area contributed by atoms with Gasteiger partial charge in [-0.15, -0.1) is 22.7 Å². The van der Waals surface area contributed by atoms with Crippen LogP contribution in [-0.2, 0) is 0 Å². The smallest absolute Gasteiger partial charge is 0.165 e. The molecule has 0 radical (unpaired) electrons. The minimum Gasteiger partial charge on any atom is -0.208 e. The van der Waals surface area contributed by atoms with Crippen LogP contribution in [0.15, 0.2) is 164 Å². The highest BCUT2D eigenvalue weighted by Gasteiger charge is 2.23. The molecule has 54 heavy (non-hydrogen) atoms. The lowest BCUT2D eigenvalue weighted by Gasteiger charge is -2.16. The van der Waals surface area contributed by atoms with Crippen molar-refractivity contribution in [3.05, 3.63) is 164 Å². The van der Waals surface area contributed by atoms with Crippen LogP contribution in [0.1, 0.15) is 0 Å². The predicted octanol–water partition coefficient (Wildman–Crippen LogP) is 14.2. The average molecular weight is 722 g/mol. The highest BCUT2D eigenvalue weighted by molar-refractivity contribution is 7.26. The summed E-state index contributed by atoms with van der Waals surface area (Å²) >= 11 is 3.67. The zero-order valence-electron chi connectivity index (χ0n) is 28.7. The summed E-state index contributed by atoms with van der Waals surface area (Å²) in [4.78, 5) is 16.1. The van der Waals surface area contributed by atoms with Crippen LogP contribution in [0.5, 0.6) is 0 Å². The molecule has 0 spiro atoms. The van der Waals surface area contributed by atoms with Gasteiger partial charge in [0.15, 0.2) is 17.5 Å². The molecule has 0 saturated heterocycles. The molecule has 9 aromatic carbocycles. The maximum absolute atomic E-state index is 5.49. The van der Waals surface area contributed by atoms with E-state index in [4.69, 9.17) is 15.0 Å². The predicted molar refractivity (Wildman–Crippen MR) is 232 cm³/mol. The standard InChI is InChI=1S/C49H27N3S2/c1-2-12-28(13-3-1)47-50-48(31-22-23-41-37(25-31)35-19-10-11-21-40(35)53-41)52-49(51-47)46-44-36-20-9-8-17-33(36)32-16-6-7-18-34(32)38(44)27-43-45(46)39-24-29-14-4-5-15-30(29)26-42(39)54-43/h1-27H. The maximum atomic E-state index is 5.49. The van der Waals surface area contributed by atoms with Gasteiger partial charge >= 0.3 is 0 Å². The van der Waals surface area contributed by atoms with Crippen molar-refractivity contribution in [2.45, 2.75) is 0 Å². The van der Waals surface area contributed by atoms with E-state index in [1.165, 1.54) is 83.4 Å². The van der Waals surface area contributed by atoms with Gasteiger partial charge in [-0.05, 0) is 80.2 Å². The third kappa shape index (κ3) is 4.43. The number of nitrogens with zero attached hydrogens (tertiary/aromatic N) is 3. The van der Waals surface area contributed by atoms with E-state index >= 15 is 0 Å². The zero-order valence-corrected chi connectivity index (χ0v) is 30.4. The topological polar surface area (TPSA) is 38.7 Å². The van der Waals surface area contributed by atoms with Crippen molar-refractivity contribution in [2.24, 2.45) is 0 Å². The second-order valence-electron chi connectivity index (χ2n) is 13.9. The molecule has 0 aliphatic heterocycles. The molecule has 0 atom stereocenters. The summed E-state index contributed by atoms with van der Waals surface area (Å²) in [5, 5.41) is 14.6. The van der Waals surface area contributed by atoms with Gasteiger partial charge in [-0.1, -0.05) is 121 Å². The number of thiophene rings is 2. The molecular weight excluding hydrogens is 695 g/mol. The van der Waals surface area contributed by atoms with Crippen LogP contribution in [-0.4, -0.2) is 15.0 Å². The van der Waals surface area contributed by atoms with Gasteiger partial charge in [0.2, 0.25) is 0 Å². The first-order valence-electron chi connectivity index (χ1n) is 18.1. The van der Waals surface area contributed by atoms with Crippen molar-refractivity contribution in [3.8, 4) is 34.2 Å². The Balaban J connectivity index is 1.27. The van der Waals surface area contributed by atoms with E-state index in [1.54, 1.807) is 0 Å². The summed E-state index contributed by atoms with van der Waals surface area (Å²) in [6, 6.07) is 59.0. The number of hydrogen-bond acceptors (Lipinski definition) is 5. The SMILES string of the molecule is c1ccc(-c2nc(-c3ccc4sc5ccccc5c4c3)nc(-c3c4c(cc5c6ccccc6c6ccccc6c35)sc3cc5ccccc5cc34)n2)cc1. The molecule has 5 heteroatoms. The van der Waals surface area contributed by atoms with Gasteiger partial charge in [-0.2, -0.15) is 0 Å². The van der Waals surface area contributed by atoms with Crippen LogP contribution < -0.4 is 0 Å². The molecule has 0 amide bonds. The third-order valence-electron chi connectivity index (χ3n) is 10.9. The van der Waals surface area contributed by atoms with Gasteiger partial charge in [0.1, 0.15) is 0 Å². The normalized spacial score (nSPS) is 12.1. The molecule has 0 unspecified atom stereocenters. The molecule has 0 N–H and O–H groups in total. The van der Waals surface area contributed by atoms with Crippen molar-refractivity contribution >= 4 is 106 Å². The summed E-state index contributed by atoms with van der Waals surface area (Å²) in [5.74, 6) is 2.00. The molecule has 3 heterocycles. The number of hydrogen-bond donors (Lipinski definition) is 0. The van der Waals surface area contributed by atoms with Gasteiger partial charge in [0.05, 0.1) is 0 Å². The minimum atomic E-state index is 0.658. The molecule has 3 aromatic heterocycles. The molecule has 0 bridgehead atoms. The van der Waals surface area contributed by atoms with Crippen molar-refractivity contribution in [1.82, 2.24) is 15.0 Å². The highest BCUT2D eigenvalue weighted by atomic mass is 32.1. The molecule has 0 saturated carbocycles. The van der Waals surface area contributed by atoms with E-state index < -0.39 is 0 Å². The van der Waals surface area contributed by atoms with E-state index in [1.807, 2.05) is 28.7 Å². The molecule has 12 aromatic rings. The van der Waals surface area contributed by atoms with Gasteiger partial charge in [0.25, 0.3) is 0 Å². The lowest BCUT2D eigenvalue weighted by Crippen LogP contribution is -2.01. The van der Waals surface area contributed by atoms with Crippen molar-refractivity contribution in [2.75, 3.05) is 0 Å². The van der Waals surface area contributed by atoms with E-state index in [-0.39, 0.29) is 0 Å².